The number of carbonyl (C=O) groups excluding carboxylic acids is 1. The molecule has 1 aromatic carbocycles. The van der Waals surface area contributed by atoms with Gasteiger partial charge in [0.15, 0.2) is 0 Å². The Morgan fingerprint density at radius 2 is 2.14 bits per heavy atom. The summed E-state index contributed by atoms with van der Waals surface area (Å²) in [5, 5.41) is 16.2. The lowest BCUT2D eigenvalue weighted by molar-refractivity contribution is -0.384. The molecule has 0 heterocycles. The van der Waals surface area contributed by atoms with Gasteiger partial charge in [-0.05, 0) is 32.8 Å². The molecule has 0 aliphatic rings. The molecule has 122 valence electrons. The SMILES string of the molecule is COC(C)(C)CC(C)NC(=O)NCc1cccc([N+](=O)[O-])c1. The number of nitro benzene ring substituents is 1. The highest BCUT2D eigenvalue weighted by Crippen LogP contribution is 2.15. The first-order valence-electron chi connectivity index (χ1n) is 7.06. The highest BCUT2D eigenvalue weighted by Gasteiger charge is 2.21. The van der Waals surface area contributed by atoms with Gasteiger partial charge >= 0.3 is 6.03 Å². The van der Waals surface area contributed by atoms with Gasteiger partial charge in [-0.15, -0.1) is 0 Å². The average molecular weight is 309 g/mol. The number of methoxy groups -OCH3 is 1. The van der Waals surface area contributed by atoms with Crippen LogP contribution in [0.25, 0.3) is 0 Å². The Balaban J connectivity index is 2.46. The Labute approximate surface area is 130 Å². The predicted molar refractivity (Wildman–Crippen MR) is 83.6 cm³/mol. The molecule has 0 aliphatic carbocycles. The van der Waals surface area contributed by atoms with Crippen LogP contribution in [0, 0.1) is 10.1 Å². The van der Waals surface area contributed by atoms with Crippen LogP contribution in [-0.4, -0.2) is 29.7 Å². The van der Waals surface area contributed by atoms with Crippen LogP contribution in [0.4, 0.5) is 10.5 Å². The molecule has 0 aromatic heterocycles. The van der Waals surface area contributed by atoms with Crippen molar-refractivity contribution in [2.75, 3.05) is 7.11 Å². The summed E-state index contributed by atoms with van der Waals surface area (Å²) in [6.45, 7) is 6.03. The third-order valence-electron chi connectivity index (χ3n) is 3.30. The lowest BCUT2D eigenvalue weighted by Crippen LogP contribution is -2.43. The van der Waals surface area contributed by atoms with Crippen molar-refractivity contribution < 1.29 is 14.5 Å². The van der Waals surface area contributed by atoms with Gasteiger partial charge in [0, 0.05) is 31.8 Å². The molecule has 2 amide bonds. The van der Waals surface area contributed by atoms with Crippen molar-refractivity contribution in [2.24, 2.45) is 0 Å². The van der Waals surface area contributed by atoms with E-state index in [-0.39, 0.29) is 29.9 Å². The van der Waals surface area contributed by atoms with E-state index in [4.69, 9.17) is 4.74 Å². The highest BCUT2D eigenvalue weighted by atomic mass is 16.6. The number of nitrogens with zero attached hydrogens (tertiary/aromatic N) is 1. The summed E-state index contributed by atoms with van der Waals surface area (Å²) in [4.78, 5) is 22.1. The van der Waals surface area contributed by atoms with Crippen LogP contribution in [0.1, 0.15) is 32.8 Å². The first-order valence-corrected chi connectivity index (χ1v) is 7.06. The van der Waals surface area contributed by atoms with Crippen LogP contribution in [0.15, 0.2) is 24.3 Å². The normalized spacial score (nSPS) is 12.5. The largest absolute Gasteiger partial charge is 0.379 e. The summed E-state index contributed by atoms with van der Waals surface area (Å²) >= 11 is 0. The Morgan fingerprint density at radius 3 is 2.73 bits per heavy atom. The number of nitrogens with one attached hydrogen (secondary N) is 2. The third kappa shape index (κ3) is 6.09. The number of ether oxygens (including phenoxy) is 1. The van der Waals surface area contributed by atoms with E-state index >= 15 is 0 Å². The lowest BCUT2D eigenvalue weighted by Gasteiger charge is -2.27. The molecule has 1 unspecified atom stereocenters. The molecule has 1 rings (SSSR count). The fourth-order valence-corrected chi connectivity index (χ4v) is 2.11. The van der Waals surface area contributed by atoms with Crippen molar-refractivity contribution >= 4 is 11.7 Å². The fourth-order valence-electron chi connectivity index (χ4n) is 2.11. The molecule has 2 N–H and O–H groups in total. The molecule has 1 aromatic rings. The Kier molecular flexibility index (Phi) is 6.30. The summed E-state index contributed by atoms with van der Waals surface area (Å²) in [5.41, 5.74) is 0.372. The standard InChI is InChI=1S/C15H23N3O4/c1-11(9-15(2,3)22-4)17-14(19)16-10-12-6-5-7-13(8-12)18(20)21/h5-8,11H,9-10H2,1-4H3,(H2,16,17,19). The van der Waals surface area contributed by atoms with Gasteiger partial charge in [-0.3, -0.25) is 10.1 Å². The van der Waals surface area contributed by atoms with Crippen LogP contribution in [-0.2, 0) is 11.3 Å². The first-order chi connectivity index (χ1) is 10.2. The maximum absolute atomic E-state index is 11.8. The zero-order valence-corrected chi connectivity index (χ0v) is 13.4. The van der Waals surface area contributed by atoms with E-state index in [9.17, 15) is 14.9 Å². The highest BCUT2D eigenvalue weighted by molar-refractivity contribution is 5.74. The molecule has 0 saturated heterocycles. The van der Waals surface area contributed by atoms with Crippen LogP contribution >= 0.6 is 0 Å². The Hall–Kier alpha value is -2.15. The maximum atomic E-state index is 11.8. The molecule has 1 atom stereocenters. The van der Waals surface area contributed by atoms with Crippen LogP contribution in [0.5, 0.6) is 0 Å². The van der Waals surface area contributed by atoms with E-state index in [1.165, 1.54) is 12.1 Å². The van der Waals surface area contributed by atoms with E-state index in [1.807, 2.05) is 20.8 Å². The third-order valence-corrected chi connectivity index (χ3v) is 3.30. The number of hydrogen-bond donors (Lipinski definition) is 2. The van der Waals surface area contributed by atoms with Crippen LogP contribution in [0.2, 0.25) is 0 Å². The van der Waals surface area contributed by atoms with E-state index in [0.29, 0.717) is 12.0 Å². The molecule has 7 nitrogen and oxygen atoms in total. The second-order valence-electron chi connectivity index (χ2n) is 5.82. The van der Waals surface area contributed by atoms with Crippen molar-refractivity contribution in [3.63, 3.8) is 0 Å². The Morgan fingerprint density at radius 1 is 1.45 bits per heavy atom. The van der Waals surface area contributed by atoms with Gasteiger partial charge in [-0.2, -0.15) is 0 Å². The van der Waals surface area contributed by atoms with Gasteiger partial charge in [0.25, 0.3) is 5.69 Å². The molecular weight excluding hydrogens is 286 g/mol. The van der Waals surface area contributed by atoms with E-state index in [2.05, 4.69) is 10.6 Å². The molecule has 0 radical (unpaired) electrons. The van der Waals surface area contributed by atoms with E-state index in [1.54, 1.807) is 19.2 Å². The van der Waals surface area contributed by atoms with Crippen molar-refractivity contribution in [3.05, 3.63) is 39.9 Å². The monoisotopic (exact) mass is 309 g/mol. The summed E-state index contributed by atoms with van der Waals surface area (Å²) in [7, 11) is 1.63. The molecule has 0 spiro atoms. The maximum Gasteiger partial charge on any atom is 0.315 e. The molecule has 0 bridgehead atoms. The quantitative estimate of drug-likeness (QED) is 0.598. The fraction of sp³-hybridized carbons (Fsp3) is 0.533. The van der Waals surface area contributed by atoms with Crippen molar-refractivity contribution in [1.29, 1.82) is 0 Å². The average Bonchev–Trinajstić information content (AvgIpc) is 2.44. The number of amides is 2. The molecular formula is C15H23N3O4. The molecule has 0 saturated carbocycles. The van der Waals surface area contributed by atoms with Gasteiger partial charge in [0.2, 0.25) is 0 Å². The topological polar surface area (TPSA) is 93.5 Å². The second-order valence-corrected chi connectivity index (χ2v) is 5.82. The summed E-state index contributed by atoms with van der Waals surface area (Å²) in [5.74, 6) is 0. The minimum absolute atomic E-state index is 0.00919. The summed E-state index contributed by atoms with van der Waals surface area (Å²) in [6, 6.07) is 5.81. The first kappa shape index (κ1) is 17.9. The lowest BCUT2D eigenvalue weighted by atomic mass is 10.00. The number of benzene rings is 1. The minimum Gasteiger partial charge on any atom is -0.379 e. The van der Waals surface area contributed by atoms with Crippen molar-refractivity contribution in [2.45, 2.75) is 45.4 Å². The zero-order chi connectivity index (χ0) is 16.8. The zero-order valence-electron chi connectivity index (χ0n) is 13.4. The van der Waals surface area contributed by atoms with Gasteiger partial charge in [0.1, 0.15) is 0 Å². The Bertz CT molecular complexity index is 531. The van der Waals surface area contributed by atoms with E-state index in [0.717, 1.165) is 0 Å². The van der Waals surface area contributed by atoms with E-state index < -0.39 is 4.92 Å². The number of non-ortho nitro benzene ring substituents is 1. The van der Waals surface area contributed by atoms with Crippen molar-refractivity contribution in [1.82, 2.24) is 10.6 Å². The predicted octanol–water partition coefficient (Wildman–Crippen LogP) is 2.60. The van der Waals surface area contributed by atoms with Crippen LogP contribution in [0.3, 0.4) is 0 Å². The number of carbonyl (C=O) groups is 1. The number of rotatable bonds is 7. The number of urea groups is 1. The number of hydrogen-bond acceptors (Lipinski definition) is 4. The van der Waals surface area contributed by atoms with Crippen molar-refractivity contribution in [3.8, 4) is 0 Å². The summed E-state index contributed by atoms with van der Waals surface area (Å²) < 4.78 is 5.32. The van der Waals surface area contributed by atoms with Gasteiger partial charge in [0.05, 0.1) is 10.5 Å². The summed E-state index contributed by atoms with van der Waals surface area (Å²) in [6.07, 6.45) is 0.674. The molecule has 7 heteroatoms. The smallest absolute Gasteiger partial charge is 0.315 e. The van der Waals surface area contributed by atoms with Gasteiger partial charge in [-0.25, -0.2) is 4.79 Å². The molecule has 0 aliphatic heterocycles. The number of nitro groups is 1. The van der Waals surface area contributed by atoms with Crippen LogP contribution < -0.4 is 10.6 Å². The second kappa shape index (κ2) is 7.74. The molecule has 0 fully saturated rings. The van der Waals surface area contributed by atoms with Gasteiger partial charge < -0.3 is 15.4 Å². The van der Waals surface area contributed by atoms with Gasteiger partial charge in [-0.1, -0.05) is 12.1 Å². The molecule has 22 heavy (non-hydrogen) atoms. The minimum atomic E-state index is -0.460.